The van der Waals surface area contributed by atoms with Gasteiger partial charge in [0.2, 0.25) is 0 Å². The minimum Gasteiger partial charge on any atom is -0.326 e. The van der Waals surface area contributed by atoms with Crippen molar-refractivity contribution in [3.05, 3.63) is 65.2 Å². The number of aryl methyl sites for hydroxylation is 2. The number of nitrogens with zero attached hydrogens (tertiary/aromatic N) is 5. The third-order valence-electron chi connectivity index (χ3n) is 5.23. The smallest absolute Gasteiger partial charge is 0.256 e. The number of hydrogen-bond donors (Lipinski definition) is 0. The summed E-state index contributed by atoms with van der Waals surface area (Å²) in [5.74, 6) is 1.80. The number of benzene rings is 1. The van der Waals surface area contributed by atoms with Crippen molar-refractivity contribution in [1.29, 1.82) is 0 Å². The summed E-state index contributed by atoms with van der Waals surface area (Å²) in [5, 5.41) is 4.70. The highest BCUT2D eigenvalue weighted by Gasteiger charge is 2.36. The quantitative estimate of drug-likeness (QED) is 0.698. The summed E-state index contributed by atoms with van der Waals surface area (Å²) in [5.41, 5.74) is 3.33. The monoisotopic (exact) mass is 375 g/mol. The van der Waals surface area contributed by atoms with Crippen LogP contribution >= 0.6 is 0 Å². The first kappa shape index (κ1) is 18.3. The van der Waals surface area contributed by atoms with Crippen LogP contribution < -0.4 is 0 Å². The number of carbonyl (C=O) groups is 1. The molecule has 1 aliphatic rings. The molecule has 0 spiro atoms. The first-order chi connectivity index (χ1) is 13.5. The van der Waals surface area contributed by atoms with Crippen LogP contribution in [-0.4, -0.2) is 37.1 Å². The molecule has 144 valence electrons. The Kier molecular flexibility index (Phi) is 4.71. The van der Waals surface area contributed by atoms with E-state index in [-0.39, 0.29) is 17.9 Å². The normalized spacial score (nSPS) is 16.3. The van der Waals surface area contributed by atoms with E-state index in [0.717, 1.165) is 22.8 Å². The van der Waals surface area contributed by atoms with Gasteiger partial charge in [-0.3, -0.25) is 9.78 Å². The summed E-state index contributed by atoms with van der Waals surface area (Å²) in [6.45, 7) is 9.33. The molecule has 1 aliphatic heterocycles. The average Bonchev–Trinajstić information content (AvgIpc) is 3.11. The number of fused-ring (bicyclic) bond motifs is 1. The molecule has 1 aromatic carbocycles. The third kappa shape index (κ3) is 3.19. The van der Waals surface area contributed by atoms with Gasteiger partial charge in [0.05, 0.1) is 23.8 Å². The van der Waals surface area contributed by atoms with E-state index in [1.54, 1.807) is 0 Å². The van der Waals surface area contributed by atoms with E-state index in [0.29, 0.717) is 24.5 Å². The van der Waals surface area contributed by atoms with Crippen molar-refractivity contribution < 1.29 is 4.79 Å². The minimum atomic E-state index is -0.119. The van der Waals surface area contributed by atoms with Gasteiger partial charge in [-0.1, -0.05) is 44.2 Å². The molecular weight excluding hydrogens is 350 g/mol. The standard InChI is InChI=1S/C22H25N5O/c1-14(2)19-21-24-20(17-8-6-5-7-9-17)25-27(21)13-12-26(19)22(28)18-11-10-15(3)23-16(18)4/h5-11,14,19H,12-13H2,1-4H3/t19-/m0/s1. The summed E-state index contributed by atoms with van der Waals surface area (Å²) >= 11 is 0. The van der Waals surface area contributed by atoms with Crippen LogP contribution in [0.4, 0.5) is 0 Å². The number of hydrogen-bond acceptors (Lipinski definition) is 4. The van der Waals surface area contributed by atoms with Gasteiger partial charge in [0.15, 0.2) is 11.6 Å². The van der Waals surface area contributed by atoms with Crippen molar-refractivity contribution in [2.45, 2.75) is 40.3 Å². The summed E-state index contributed by atoms with van der Waals surface area (Å²) in [6.07, 6.45) is 0. The molecule has 3 aromatic rings. The van der Waals surface area contributed by atoms with Gasteiger partial charge < -0.3 is 4.90 Å². The molecule has 1 atom stereocenters. The molecule has 0 N–H and O–H groups in total. The average molecular weight is 375 g/mol. The Morgan fingerprint density at radius 1 is 1.04 bits per heavy atom. The second-order valence-corrected chi connectivity index (χ2v) is 7.66. The van der Waals surface area contributed by atoms with Crippen LogP contribution in [0.3, 0.4) is 0 Å². The largest absolute Gasteiger partial charge is 0.326 e. The number of carbonyl (C=O) groups excluding carboxylic acids is 1. The molecule has 3 heterocycles. The molecule has 4 rings (SSSR count). The summed E-state index contributed by atoms with van der Waals surface area (Å²) in [4.78, 5) is 24.6. The van der Waals surface area contributed by atoms with Crippen molar-refractivity contribution in [1.82, 2.24) is 24.6 Å². The van der Waals surface area contributed by atoms with Crippen LogP contribution in [-0.2, 0) is 6.54 Å². The van der Waals surface area contributed by atoms with Crippen molar-refractivity contribution in [3.8, 4) is 11.4 Å². The van der Waals surface area contributed by atoms with Crippen LogP contribution in [0, 0.1) is 19.8 Å². The fraction of sp³-hybridized carbons (Fsp3) is 0.364. The van der Waals surface area contributed by atoms with Gasteiger partial charge in [-0.2, -0.15) is 5.10 Å². The summed E-state index contributed by atoms with van der Waals surface area (Å²) in [6, 6.07) is 13.6. The zero-order chi connectivity index (χ0) is 19.8. The van der Waals surface area contributed by atoms with E-state index < -0.39 is 0 Å². The molecule has 0 aliphatic carbocycles. The topological polar surface area (TPSA) is 63.9 Å². The van der Waals surface area contributed by atoms with Crippen molar-refractivity contribution in [3.63, 3.8) is 0 Å². The van der Waals surface area contributed by atoms with Gasteiger partial charge in [0, 0.05) is 17.8 Å². The lowest BCUT2D eigenvalue weighted by atomic mass is 9.98. The SMILES string of the molecule is Cc1ccc(C(=O)N2CCn3nc(-c4ccccc4)nc3[C@@H]2C(C)C)c(C)n1. The van der Waals surface area contributed by atoms with Gasteiger partial charge in [-0.05, 0) is 31.9 Å². The second-order valence-electron chi connectivity index (χ2n) is 7.66. The van der Waals surface area contributed by atoms with E-state index in [9.17, 15) is 4.79 Å². The molecule has 0 unspecified atom stereocenters. The van der Waals surface area contributed by atoms with Gasteiger partial charge in [-0.15, -0.1) is 0 Å². The number of pyridine rings is 1. The molecule has 1 amide bonds. The lowest BCUT2D eigenvalue weighted by Crippen LogP contribution is -2.45. The fourth-order valence-electron chi connectivity index (χ4n) is 3.88. The molecule has 6 nitrogen and oxygen atoms in total. The molecule has 28 heavy (non-hydrogen) atoms. The van der Waals surface area contributed by atoms with E-state index >= 15 is 0 Å². The van der Waals surface area contributed by atoms with Crippen LogP contribution in [0.2, 0.25) is 0 Å². The number of amides is 1. The van der Waals surface area contributed by atoms with Crippen LogP contribution in [0.25, 0.3) is 11.4 Å². The maximum absolute atomic E-state index is 13.4. The highest BCUT2D eigenvalue weighted by atomic mass is 16.2. The zero-order valence-electron chi connectivity index (χ0n) is 16.8. The Balaban J connectivity index is 1.72. The van der Waals surface area contributed by atoms with E-state index in [2.05, 4.69) is 18.8 Å². The Morgan fingerprint density at radius 2 is 1.79 bits per heavy atom. The molecular formula is C22H25N5O. The zero-order valence-corrected chi connectivity index (χ0v) is 16.8. The van der Waals surface area contributed by atoms with Crippen molar-refractivity contribution in [2.24, 2.45) is 5.92 Å². The highest BCUT2D eigenvalue weighted by Crippen LogP contribution is 2.33. The molecule has 0 radical (unpaired) electrons. The fourth-order valence-corrected chi connectivity index (χ4v) is 3.88. The Morgan fingerprint density at radius 3 is 2.46 bits per heavy atom. The molecule has 2 aromatic heterocycles. The minimum absolute atomic E-state index is 0.0132. The van der Waals surface area contributed by atoms with Crippen LogP contribution in [0.15, 0.2) is 42.5 Å². The molecule has 0 bridgehead atoms. The first-order valence-corrected chi connectivity index (χ1v) is 9.71. The second kappa shape index (κ2) is 7.19. The van der Waals surface area contributed by atoms with E-state index in [1.165, 1.54) is 0 Å². The first-order valence-electron chi connectivity index (χ1n) is 9.71. The van der Waals surface area contributed by atoms with Crippen LogP contribution in [0.5, 0.6) is 0 Å². The van der Waals surface area contributed by atoms with E-state index in [4.69, 9.17) is 10.1 Å². The predicted octanol–water partition coefficient (Wildman–Crippen LogP) is 3.81. The summed E-state index contributed by atoms with van der Waals surface area (Å²) in [7, 11) is 0. The lowest BCUT2D eigenvalue weighted by Gasteiger charge is -2.37. The molecule has 6 heteroatoms. The van der Waals surface area contributed by atoms with E-state index in [1.807, 2.05) is 65.9 Å². The number of aromatic nitrogens is 4. The van der Waals surface area contributed by atoms with Gasteiger partial charge >= 0.3 is 0 Å². The maximum atomic E-state index is 13.4. The lowest BCUT2D eigenvalue weighted by molar-refractivity contribution is 0.0535. The van der Waals surface area contributed by atoms with Gasteiger partial charge in [0.25, 0.3) is 5.91 Å². The number of rotatable bonds is 3. The Hall–Kier alpha value is -3.02. The highest BCUT2D eigenvalue weighted by molar-refractivity contribution is 5.95. The van der Waals surface area contributed by atoms with Gasteiger partial charge in [0.1, 0.15) is 0 Å². The van der Waals surface area contributed by atoms with Crippen molar-refractivity contribution in [2.75, 3.05) is 6.54 Å². The maximum Gasteiger partial charge on any atom is 0.256 e. The Bertz CT molecular complexity index is 1010. The predicted molar refractivity (Wildman–Crippen MR) is 108 cm³/mol. The van der Waals surface area contributed by atoms with Crippen molar-refractivity contribution >= 4 is 5.91 Å². The van der Waals surface area contributed by atoms with Gasteiger partial charge in [-0.25, -0.2) is 9.67 Å². The molecule has 0 saturated carbocycles. The molecule has 0 saturated heterocycles. The van der Waals surface area contributed by atoms with Crippen LogP contribution in [0.1, 0.15) is 47.5 Å². The molecule has 0 fully saturated rings. The Labute approximate surface area is 165 Å². The third-order valence-corrected chi connectivity index (χ3v) is 5.23. The summed E-state index contributed by atoms with van der Waals surface area (Å²) < 4.78 is 1.96.